The zero-order valence-electron chi connectivity index (χ0n) is 12.8. The maximum absolute atomic E-state index is 3.83. The fraction of sp³-hybridized carbons (Fsp3) is 0.667. The van der Waals surface area contributed by atoms with E-state index in [9.17, 15) is 0 Å². The molecular weight excluding hydrogens is 296 g/mol. The van der Waals surface area contributed by atoms with Crippen LogP contribution >= 0.6 is 15.9 Å². The van der Waals surface area contributed by atoms with Crippen LogP contribution < -0.4 is 0 Å². The van der Waals surface area contributed by atoms with E-state index in [4.69, 9.17) is 0 Å². The van der Waals surface area contributed by atoms with Gasteiger partial charge in [0.25, 0.3) is 0 Å². The quantitative estimate of drug-likeness (QED) is 0.339. The van der Waals surface area contributed by atoms with Gasteiger partial charge in [0.05, 0.1) is 0 Å². The molecule has 1 aromatic carbocycles. The summed E-state index contributed by atoms with van der Waals surface area (Å²) in [4.78, 5) is 0.528. The molecule has 19 heavy (non-hydrogen) atoms. The van der Waals surface area contributed by atoms with Crippen molar-refractivity contribution in [2.24, 2.45) is 0 Å². The number of benzene rings is 1. The van der Waals surface area contributed by atoms with Crippen molar-refractivity contribution in [3.63, 3.8) is 0 Å². The SMILES string of the molecule is CCCCCCCCC(Br)c1ccc(C(C)C)cc1. The molecule has 0 N–H and O–H groups in total. The summed E-state index contributed by atoms with van der Waals surface area (Å²) in [6.07, 6.45) is 9.52. The summed E-state index contributed by atoms with van der Waals surface area (Å²) in [5.41, 5.74) is 2.86. The highest BCUT2D eigenvalue weighted by molar-refractivity contribution is 9.09. The van der Waals surface area contributed by atoms with Gasteiger partial charge in [0.15, 0.2) is 0 Å². The van der Waals surface area contributed by atoms with Crippen molar-refractivity contribution in [3.05, 3.63) is 35.4 Å². The molecule has 0 saturated carbocycles. The molecule has 0 spiro atoms. The summed E-state index contributed by atoms with van der Waals surface area (Å²) in [6, 6.07) is 9.11. The molecule has 0 nitrogen and oxygen atoms in total. The van der Waals surface area contributed by atoms with Crippen molar-refractivity contribution in [1.82, 2.24) is 0 Å². The highest BCUT2D eigenvalue weighted by atomic mass is 79.9. The number of halogens is 1. The van der Waals surface area contributed by atoms with Gasteiger partial charge in [0, 0.05) is 4.83 Å². The summed E-state index contributed by atoms with van der Waals surface area (Å²) in [5, 5.41) is 0. The van der Waals surface area contributed by atoms with E-state index in [0.717, 1.165) is 0 Å². The first-order chi connectivity index (χ1) is 9.15. The zero-order valence-corrected chi connectivity index (χ0v) is 14.4. The third kappa shape index (κ3) is 6.61. The van der Waals surface area contributed by atoms with Gasteiger partial charge in [0.1, 0.15) is 0 Å². The molecule has 1 unspecified atom stereocenters. The van der Waals surface area contributed by atoms with Crippen LogP contribution in [0.1, 0.15) is 87.6 Å². The average molecular weight is 325 g/mol. The number of unbranched alkanes of at least 4 members (excludes halogenated alkanes) is 5. The van der Waals surface area contributed by atoms with Crippen molar-refractivity contribution in [2.75, 3.05) is 0 Å². The largest absolute Gasteiger partial charge is 0.0839 e. The van der Waals surface area contributed by atoms with Crippen LogP contribution in [0.2, 0.25) is 0 Å². The molecule has 0 saturated heterocycles. The van der Waals surface area contributed by atoms with E-state index in [0.29, 0.717) is 10.7 Å². The topological polar surface area (TPSA) is 0 Å². The Morgan fingerprint density at radius 2 is 1.37 bits per heavy atom. The summed E-state index contributed by atoms with van der Waals surface area (Å²) < 4.78 is 0. The van der Waals surface area contributed by atoms with Crippen molar-refractivity contribution >= 4 is 15.9 Å². The Morgan fingerprint density at radius 1 is 0.842 bits per heavy atom. The highest BCUT2D eigenvalue weighted by Gasteiger charge is 2.07. The van der Waals surface area contributed by atoms with E-state index in [2.05, 4.69) is 61.0 Å². The average Bonchev–Trinajstić information content (AvgIpc) is 2.42. The number of hydrogen-bond donors (Lipinski definition) is 0. The molecule has 0 amide bonds. The van der Waals surface area contributed by atoms with Crippen LogP contribution in [0.3, 0.4) is 0 Å². The van der Waals surface area contributed by atoms with Gasteiger partial charge in [-0.2, -0.15) is 0 Å². The molecule has 1 rings (SSSR count). The third-order valence-electron chi connectivity index (χ3n) is 3.78. The minimum Gasteiger partial charge on any atom is -0.0839 e. The second-order valence-electron chi connectivity index (χ2n) is 5.85. The molecule has 108 valence electrons. The molecule has 0 heterocycles. The molecule has 0 aromatic heterocycles. The predicted octanol–water partition coefficient (Wildman–Crippen LogP) is 7.00. The highest BCUT2D eigenvalue weighted by Crippen LogP contribution is 2.29. The number of hydrogen-bond acceptors (Lipinski definition) is 0. The van der Waals surface area contributed by atoms with Crippen LogP contribution in [0, 0.1) is 0 Å². The fourth-order valence-electron chi connectivity index (χ4n) is 2.36. The first-order valence-electron chi connectivity index (χ1n) is 7.89. The second-order valence-corrected chi connectivity index (χ2v) is 6.95. The maximum Gasteiger partial charge on any atom is 0.0395 e. The van der Waals surface area contributed by atoms with Gasteiger partial charge in [-0.3, -0.25) is 0 Å². The molecule has 0 radical (unpaired) electrons. The molecule has 0 fully saturated rings. The number of alkyl halides is 1. The molecule has 0 aliphatic heterocycles. The van der Waals surface area contributed by atoms with Crippen LogP contribution in [-0.2, 0) is 0 Å². The predicted molar refractivity (Wildman–Crippen MR) is 90.2 cm³/mol. The summed E-state index contributed by atoms with van der Waals surface area (Å²) in [7, 11) is 0. The third-order valence-corrected chi connectivity index (χ3v) is 4.76. The van der Waals surface area contributed by atoms with Gasteiger partial charge in [0.2, 0.25) is 0 Å². The Bertz CT molecular complexity index is 326. The van der Waals surface area contributed by atoms with E-state index >= 15 is 0 Å². The monoisotopic (exact) mass is 324 g/mol. The van der Waals surface area contributed by atoms with Crippen LogP contribution in [0.15, 0.2) is 24.3 Å². The summed E-state index contributed by atoms with van der Waals surface area (Å²) in [6.45, 7) is 6.77. The van der Waals surface area contributed by atoms with Gasteiger partial charge in [-0.25, -0.2) is 0 Å². The van der Waals surface area contributed by atoms with Gasteiger partial charge < -0.3 is 0 Å². The van der Waals surface area contributed by atoms with Crippen molar-refractivity contribution in [3.8, 4) is 0 Å². The normalized spacial score (nSPS) is 12.9. The Hall–Kier alpha value is -0.300. The zero-order chi connectivity index (χ0) is 14.1. The van der Waals surface area contributed by atoms with Crippen LogP contribution in [0.4, 0.5) is 0 Å². The maximum atomic E-state index is 3.83. The molecular formula is C18H29Br. The van der Waals surface area contributed by atoms with E-state index in [-0.39, 0.29) is 0 Å². The molecule has 1 aromatic rings. The fourth-order valence-corrected chi connectivity index (χ4v) is 2.99. The Kier molecular flexibility index (Phi) is 8.45. The van der Waals surface area contributed by atoms with Gasteiger partial charge in [-0.1, -0.05) is 99.5 Å². The Balaban J connectivity index is 2.27. The molecule has 0 bridgehead atoms. The first kappa shape index (κ1) is 16.8. The summed E-state index contributed by atoms with van der Waals surface area (Å²) in [5.74, 6) is 0.626. The minimum absolute atomic E-state index is 0.528. The standard InChI is InChI=1S/C18H29Br/c1-4-5-6-7-8-9-10-18(19)17-13-11-16(12-14-17)15(2)3/h11-15,18H,4-10H2,1-3H3. The van der Waals surface area contributed by atoms with E-state index in [1.807, 2.05) is 0 Å². The van der Waals surface area contributed by atoms with Gasteiger partial charge >= 0.3 is 0 Å². The minimum atomic E-state index is 0.528. The second kappa shape index (κ2) is 9.58. The lowest BCUT2D eigenvalue weighted by Gasteiger charge is -2.12. The van der Waals surface area contributed by atoms with Crippen LogP contribution in [0.25, 0.3) is 0 Å². The Labute approximate surface area is 128 Å². The molecule has 0 aliphatic rings. The number of rotatable bonds is 9. The molecule has 1 atom stereocenters. The molecule has 1 heteroatoms. The smallest absolute Gasteiger partial charge is 0.0395 e. The lowest BCUT2D eigenvalue weighted by molar-refractivity contribution is 0.588. The molecule has 0 aliphatic carbocycles. The van der Waals surface area contributed by atoms with E-state index < -0.39 is 0 Å². The van der Waals surface area contributed by atoms with Gasteiger partial charge in [-0.15, -0.1) is 0 Å². The van der Waals surface area contributed by atoms with Crippen molar-refractivity contribution in [1.29, 1.82) is 0 Å². The van der Waals surface area contributed by atoms with Crippen LogP contribution in [0.5, 0.6) is 0 Å². The van der Waals surface area contributed by atoms with Crippen molar-refractivity contribution < 1.29 is 0 Å². The lowest BCUT2D eigenvalue weighted by Crippen LogP contribution is -1.93. The Morgan fingerprint density at radius 3 is 1.95 bits per heavy atom. The first-order valence-corrected chi connectivity index (χ1v) is 8.80. The lowest BCUT2D eigenvalue weighted by atomic mass is 9.99. The van der Waals surface area contributed by atoms with E-state index in [1.54, 1.807) is 0 Å². The van der Waals surface area contributed by atoms with Crippen molar-refractivity contribution in [2.45, 2.75) is 76.5 Å². The van der Waals surface area contributed by atoms with E-state index in [1.165, 1.54) is 56.1 Å². The van der Waals surface area contributed by atoms with Crippen LogP contribution in [-0.4, -0.2) is 0 Å². The summed E-state index contributed by atoms with van der Waals surface area (Å²) >= 11 is 3.83. The van der Waals surface area contributed by atoms with Gasteiger partial charge in [-0.05, 0) is 23.5 Å².